The third-order valence-corrected chi connectivity index (χ3v) is 8.19. The Morgan fingerprint density at radius 1 is 0.868 bits per heavy atom. The Hall–Kier alpha value is -3.61. The van der Waals surface area contributed by atoms with Gasteiger partial charge in [0.05, 0.1) is 29.6 Å². The monoisotopic (exact) mass is 561 g/mol. The average Bonchev–Trinajstić information content (AvgIpc) is 2.84. The van der Waals surface area contributed by atoms with E-state index in [1.54, 1.807) is 38.1 Å². The number of rotatable bonds is 11. The Balaban J connectivity index is 1.87. The van der Waals surface area contributed by atoms with E-state index in [2.05, 4.69) is 10.0 Å². The van der Waals surface area contributed by atoms with E-state index >= 15 is 0 Å². The van der Waals surface area contributed by atoms with Crippen LogP contribution in [0.15, 0.2) is 77.7 Å². The van der Waals surface area contributed by atoms with Crippen molar-refractivity contribution in [1.29, 1.82) is 0 Å². The number of nitrogens with one attached hydrogen (secondary N) is 2. The molecule has 2 N–H and O–H groups in total. The van der Waals surface area contributed by atoms with Crippen molar-refractivity contribution < 1.29 is 31.1 Å². The Labute approximate surface area is 223 Å². The van der Waals surface area contributed by atoms with Crippen molar-refractivity contribution in [3.63, 3.8) is 0 Å². The van der Waals surface area contributed by atoms with Gasteiger partial charge in [-0.15, -0.1) is 0 Å². The number of amides is 1. The van der Waals surface area contributed by atoms with Crippen molar-refractivity contribution in [3.05, 3.63) is 72.8 Å². The fourth-order valence-corrected chi connectivity index (χ4v) is 6.11. The van der Waals surface area contributed by atoms with E-state index in [9.17, 15) is 21.6 Å². The van der Waals surface area contributed by atoms with Crippen LogP contribution in [-0.4, -0.2) is 48.2 Å². The summed E-state index contributed by atoms with van der Waals surface area (Å²) in [6, 6.07) is 17.9. The maximum absolute atomic E-state index is 13.2. The highest BCUT2D eigenvalue weighted by Crippen LogP contribution is 2.30. The minimum atomic E-state index is -3.89. The number of benzene rings is 3. The van der Waals surface area contributed by atoms with E-state index in [-0.39, 0.29) is 28.1 Å². The van der Waals surface area contributed by atoms with Crippen LogP contribution in [0.4, 0.5) is 11.4 Å². The summed E-state index contributed by atoms with van der Waals surface area (Å²) in [7, 11) is -6.37. The number of para-hydroxylation sites is 1. The summed E-state index contributed by atoms with van der Waals surface area (Å²) in [6.07, 6.45) is 0.997. The molecule has 0 radical (unpaired) electrons. The number of nitrogens with zero attached hydrogens (tertiary/aromatic N) is 1. The molecule has 10 nitrogen and oxygen atoms in total. The number of hydrogen-bond acceptors (Lipinski definition) is 7. The second kappa shape index (κ2) is 11.8. The van der Waals surface area contributed by atoms with Crippen molar-refractivity contribution in [1.82, 2.24) is 4.72 Å². The highest BCUT2D eigenvalue weighted by Gasteiger charge is 2.30. The van der Waals surface area contributed by atoms with E-state index in [4.69, 9.17) is 9.47 Å². The zero-order valence-electron chi connectivity index (χ0n) is 21.7. The van der Waals surface area contributed by atoms with Crippen molar-refractivity contribution in [2.45, 2.75) is 37.8 Å². The molecule has 3 aromatic rings. The lowest BCUT2D eigenvalue weighted by molar-refractivity contribution is -0.116. The Kier molecular flexibility index (Phi) is 9.02. The van der Waals surface area contributed by atoms with Crippen molar-refractivity contribution in [2.75, 3.05) is 23.0 Å². The summed E-state index contributed by atoms with van der Waals surface area (Å²) >= 11 is 0. The van der Waals surface area contributed by atoms with E-state index < -0.39 is 32.0 Å². The molecule has 0 saturated carbocycles. The van der Waals surface area contributed by atoms with Crippen molar-refractivity contribution in [3.8, 4) is 17.2 Å². The number of sulfonamides is 2. The predicted molar refractivity (Wildman–Crippen MR) is 147 cm³/mol. The quantitative estimate of drug-likeness (QED) is 0.362. The Morgan fingerprint density at radius 2 is 1.47 bits per heavy atom. The van der Waals surface area contributed by atoms with Gasteiger partial charge in [0.15, 0.2) is 0 Å². The van der Waals surface area contributed by atoms with Crippen LogP contribution in [0.2, 0.25) is 0 Å². The molecule has 204 valence electrons. The van der Waals surface area contributed by atoms with Crippen LogP contribution in [-0.2, 0) is 24.8 Å². The fourth-order valence-electron chi connectivity index (χ4n) is 3.66. The molecule has 3 rings (SSSR count). The van der Waals surface area contributed by atoms with Gasteiger partial charge in [0, 0.05) is 6.04 Å². The van der Waals surface area contributed by atoms with Gasteiger partial charge < -0.3 is 14.8 Å². The van der Waals surface area contributed by atoms with Crippen LogP contribution >= 0.6 is 0 Å². The second-order valence-electron chi connectivity index (χ2n) is 8.77. The van der Waals surface area contributed by atoms with Gasteiger partial charge >= 0.3 is 0 Å². The minimum Gasteiger partial charge on any atom is -0.495 e. The third-order valence-electron chi connectivity index (χ3n) is 5.29. The smallest absolute Gasteiger partial charge is 0.248 e. The van der Waals surface area contributed by atoms with Crippen LogP contribution in [0.3, 0.4) is 0 Å². The molecule has 1 amide bonds. The predicted octanol–water partition coefficient (Wildman–Crippen LogP) is 3.97. The lowest BCUT2D eigenvalue weighted by Gasteiger charge is -2.28. The van der Waals surface area contributed by atoms with Gasteiger partial charge in [-0.3, -0.25) is 9.10 Å². The SMILES string of the molecule is COc1ccc(S(=O)(=O)NC(C)C)cc1NC(=O)C(C)N(c1ccc(Oc2ccccc2)cc1)S(C)(=O)=O. The van der Waals surface area contributed by atoms with Crippen LogP contribution in [0.5, 0.6) is 17.2 Å². The van der Waals surface area contributed by atoms with Gasteiger partial charge in [0.1, 0.15) is 23.3 Å². The maximum atomic E-state index is 13.2. The summed E-state index contributed by atoms with van der Waals surface area (Å²) in [4.78, 5) is 13.1. The molecule has 0 spiro atoms. The molecule has 0 aliphatic carbocycles. The van der Waals surface area contributed by atoms with Crippen molar-refractivity contribution >= 4 is 37.3 Å². The molecule has 38 heavy (non-hydrogen) atoms. The maximum Gasteiger partial charge on any atom is 0.248 e. The molecular weight excluding hydrogens is 530 g/mol. The Bertz CT molecular complexity index is 1470. The average molecular weight is 562 g/mol. The number of hydrogen-bond donors (Lipinski definition) is 2. The first kappa shape index (κ1) is 29.0. The first-order valence-electron chi connectivity index (χ1n) is 11.7. The molecule has 0 fully saturated rings. The summed E-state index contributed by atoms with van der Waals surface area (Å²) in [5, 5.41) is 2.61. The van der Waals surface area contributed by atoms with Gasteiger partial charge in [0.25, 0.3) is 0 Å². The number of carbonyl (C=O) groups is 1. The standard InChI is InChI=1S/C26H31N3O7S2/c1-18(2)28-38(33,34)23-15-16-25(35-4)24(17-23)27-26(30)19(3)29(37(5,31)32)20-11-13-22(14-12-20)36-21-9-7-6-8-10-21/h6-19,28H,1-5H3,(H,27,30). The molecule has 1 atom stereocenters. The molecule has 0 aliphatic heterocycles. The summed E-state index contributed by atoms with van der Waals surface area (Å²) in [6.45, 7) is 4.80. The van der Waals surface area contributed by atoms with Gasteiger partial charge in [0.2, 0.25) is 26.0 Å². The summed E-state index contributed by atoms with van der Waals surface area (Å²) in [5.41, 5.74) is 0.330. The molecule has 1 unspecified atom stereocenters. The van der Waals surface area contributed by atoms with Crippen LogP contribution < -0.4 is 23.8 Å². The van der Waals surface area contributed by atoms with E-state index in [1.807, 2.05) is 18.2 Å². The molecular formula is C26H31N3O7S2. The van der Waals surface area contributed by atoms with Crippen molar-refractivity contribution in [2.24, 2.45) is 0 Å². The largest absolute Gasteiger partial charge is 0.495 e. The molecule has 0 aromatic heterocycles. The third kappa shape index (κ3) is 7.24. The van der Waals surface area contributed by atoms with Gasteiger partial charge in [-0.1, -0.05) is 18.2 Å². The molecule has 0 heterocycles. The van der Waals surface area contributed by atoms with Crippen LogP contribution in [0, 0.1) is 0 Å². The van der Waals surface area contributed by atoms with Gasteiger partial charge in [-0.05, 0) is 75.4 Å². The zero-order chi connectivity index (χ0) is 28.1. The van der Waals surface area contributed by atoms with E-state index in [0.29, 0.717) is 11.5 Å². The summed E-state index contributed by atoms with van der Waals surface area (Å²) in [5.74, 6) is 0.630. The second-order valence-corrected chi connectivity index (χ2v) is 12.3. The molecule has 0 saturated heterocycles. The highest BCUT2D eigenvalue weighted by atomic mass is 32.2. The molecule has 0 aliphatic rings. The number of ether oxygens (including phenoxy) is 2. The van der Waals surface area contributed by atoms with Gasteiger partial charge in [-0.2, -0.15) is 0 Å². The van der Waals surface area contributed by atoms with Crippen LogP contribution in [0.25, 0.3) is 0 Å². The lowest BCUT2D eigenvalue weighted by Crippen LogP contribution is -2.45. The molecule has 3 aromatic carbocycles. The highest BCUT2D eigenvalue weighted by molar-refractivity contribution is 7.92. The minimum absolute atomic E-state index is 0.0797. The number of anilines is 2. The van der Waals surface area contributed by atoms with E-state index in [1.165, 1.54) is 44.4 Å². The fraction of sp³-hybridized carbons (Fsp3) is 0.269. The van der Waals surface area contributed by atoms with E-state index in [0.717, 1.165) is 10.6 Å². The first-order chi connectivity index (χ1) is 17.8. The lowest BCUT2D eigenvalue weighted by atomic mass is 10.2. The number of methoxy groups -OCH3 is 1. The van der Waals surface area contributed by atoms with Gasteiger partial charge in [-0.25, -0.2) is 21.6 Å². The summed E-state index contributed by atoms with van der Waals surface area (Å²) < 4.78 is 65.2. The zero-order valence-corrected chi connectivity index (χ0v) is 23.3. The van der Waals surface area contributed by atoms with Crippen LogP contribution in [0.1, 0.15) is 20.8 Å². The number of carbonyl (C=O) groups excluding carboxylic acids is 1. The normalized spacial score (nSPS) is 12.6. The first-order valence-corrected chi connectivity index (χ1v) is 15.0. The molecule has 0 bridgehead atoms. The topological polar surface area (TPSA) is 131 Å². The molecule has 12 heteroatoms. The Morgan fingerprint density at radius 3 is 2.03 bits per heavy atom.